The van der Waals surface area contributed by atoms with Crippen molar-refractivity contribution >= 4 is 15.9 Å². The maximum Gasteiger partial charge on any atom is 0.219 e. The number of aromatic nitrogens is 1. The first kappa shape index (κ1) is 14.5. The summed E-state index contributed by atoms with van der Waals surface area (Å²) < 4.78 is 19.5. The number of hydrogen-bond acceptors (Lipinski definition) is 3. The standard InChI is InChI=1S/C16H16BrFN2O/c1-10-11(9-19-12-3-4-12)2-7-16(20-10)21-13-5-6-14(17)15(18)8-13/h2,5-8,12,19H,3-4,9H2,1H3. The molecule has 1 heterocycles. The molecule has 1 aliphatic carbocycles. The van der Waals surface area contributed by atoms with E-state index in [4.69, 9.17) is 4.74 Å². The van der Waals surface area contributed by atoms with Gasteiger partial charge in [-0.2, -0.15) is 0 Å². The lowest BCUT2D eigenvalue weighted by molar-refractivity contribution is 0.455. The van der Waals surface area contributed by atoms with E-state index in [2.05, 4.69) is 26.2 Å². The molecule has 1 N–H and O–H groups in total. The molecular weight excluding hydrogens is 335 g/mol. The lowest BCUT2D eigenvalue weighted by Crippen LogP contribution is -2.16. The van der Waals surface area contributed by atoms with Crippen molar-refractivity contribution < 1.29 is 9.13 Å². The van der Waals surface area contributed by atoms with Gasteiger partial charge in [0, 0.05) is 30.4 Å². The summed E-state index contributed by atoms with van der Waals surface area (Å²) in [5.41, 5.74) is 2.09. The molecule has 0 bridgehead atoms. The molecule has 1 fully saturated rings. The van der Waals surface area contributed by atoms with Crippen LogP contribution in [0.3, 0.4) is 0 Å². The predicted molar refractivity (Wildman–Crippen MR) is 83.0 cm³/mol. The van der Waals surface area contributed by atoms with Gasteiger partial charge in [0.1, 0.15) is 11.6 Å². The first-order chi connectivity index (χ1) is 10.1. The van der Waals surface area contributed by atoms with Gasteiger partial charge in [-0.1, -0.05) is 6.07 Å². The van der Waals surface area contributed by atoms with Crippen LogP contribution in [0.4, 0.5) is 4.39 Å². The molecule has 1 aromatic heterocycles. The van der Waals surface area contributed by atoms with Gasteiger partial charge in [-0.05, 0) is 53.4 Å². The minimum atomic E-state index is -0.352. The normalized spacial score (nSPS) is 14.2. The van der Waals surface area contributed by atoms with Gasteiger partial charge < -0.3 is 10.1 Å². The van der Waals surface area contributed by atoms with Crippen molar-refractivity contribution in [3.05, 3.63) is 51.9 Å². The molecule has 1 aliphatic rings. The summed E-state index contributed by atoms with van der Waals surface area (Å²) in [6.07, 6.45) is 2.53. The average molecular weight is 351 g/mol. The van der Waals surface area contributed by atoms with Gasteiger partial charge in [0.05, 0.1) is 4.47 Å². The number of hydrogen-bond donors (Lipinski definition) is 1. The Bertz CT molecular complexity index is 659. The number of rotatable bonds is 5. The van der Waals surface area contributed by atoms with Gasteiger partial charge in [-0.15, -0.1) is 0 Å². The summed E-state index contributed by atoms with van der Waals surface area (Å²) in [4.78, 5) is 4.42. The van der Waals surface area contributed by atoms with E-state index in [1.165, 1.54) is 18.9 Å². The second-order valence-corrected chi connectivity index (χ2v) is 6.08. The van der Waals surface area contributed by atoms with Crippen molar-refractivity contribution in [3.8, 4) is 11.6 Å². The van der Waals surface area contributed by atoms with E-state index in [1.807, 2.05) is 19.1 Å². The largest absolute Gasteiger partial charge is 0.439 e. The molecule has 3 nitrogen and oxygen atoms in total. The van der Waals surface area contributed by atoms with E-state index >= 15 is 0 Å². The highest BCUT2D eigenvalue weighted by Crippen LogP contribution is 2.25. The molecule has 0 aliphatic heterocycles. The fourth-order valence-corrected chi connectivity index (χ4v) is 2.26. The maximum atomic E-state index is 13.5. The maximum absolute atomic E-state index is 13.5. The molecule has 1 saturated carbocycles. The van der Waals surface area contributed by atoms with Crippen LogP contribution in [0, 0.1) is 12.7 Å². The van der Waals surface area contributed by atoms with Crippen molar-refractivity contribution in [2.45, 2.75) is 32.4 Å². The lowest BCUT2D eigenvalue weighted by Gasteiger charge is -2.10. The lowest BCUT2D eigenvalue weighted by atomic mass is 10.2. The molecule has 0 unspecified atom stereocenters. The Morgan fingerprint density at radius 1 is 1.33 bits per heavy atom. The zero-order valence-electron chi connectivity index (χ0n) is 11.7. The molecule has 0 saturated heterocycles. The minimum Gasteiger partial charge on any atom is -0.439 e. The number of nitrogens with zero attached hydrogens (tertiary/aromatic N) is 1. The van der Waals surface area contributed by atoms with Gasteiger partial charge in [0.2, 0.25) is 5.88 Å². The third-order valence-electron chi connectivity index (χ3n) is 3.44. The Balaban J connectivity index is 1.70. The van der Waals surface area contributed by atoms with Crippen LogP contribution in [0.25, 0.3) is 0 Å². The molecule has 5 heteroatoms. The number of halogens is 2. The molecule has 0 spiro atoms. The van der Waals surface area contributed by atoms with Gasteiger partial charge in [-0.3, -0.25) is 0 Å². The monoisotopic (exact) mass is 350 g/mol. The predicted octanol–water partition coefficient (Wildman–Crippen LogP) is 4.34. The van der Waals surface area contributed by atoms with Gasteiger partial charge in [-0.25, -0.2) is 9.37 Å². The summed E-state index contributed by atoms with van der Waals surface area (Å²) >= 11 is 3.12. The molecule has 2 aromatic rings. The van der Waals surface area contributed by atoms with Gasteiger partial charge in [0.15, 0.2) is 0 Å². The van der Waals surface area contributed by atoms with E-state index in [9.17, 15) is 4.39 Å². The van der Waals surface area contributed by atoms with Crippen LogP contribution in [-0.4, -0.2) is 11.0 Å². The van der Waals surface area contributed by atoms with Crippen LogP contribution in [0.2, 0.25) is 0 Å². The Morgan fingerprint density at radius 3 is 2.81 bits per heavy atom. The number of ether oxygens (including phenoxy) is 1. The molecular formula is C16H16BrFN2O. The second-order valence-electron chi connectivity index (χ2n) is 5.23. The Morgan fingerprint density at radius 2 is 2.14 bits per heavy atom. The van der Waals surface area contributed by atoms with E-state index in [0.29, 0.717) is 22.1 Å². The highest BCUT2D eigenvalue weighted by Gasteiger charge is 2.20. The first-order valence-corrected chi connectivity index (χ1v) is 7.74. The Labute approximate surface area is 131 Å². The molecule has 110 valence electrons. The highest BCUT2D eigenvalue weighted by atomic mass is 79.9. The number of pyridine rings is 1. The van der Waals surface area contributed by atoms with Crippen LogP contribution in [0.1, 0.15) is 24.1 Å². The number of nitrogens with one attached hydrogen (secondary N) is 1. The fraction of sp³-hybridized carbons (Fsp3) is 0.312. The summed E-state index contributed by atoms with van der Waals surface area (Å²) in [5, 5.41) is 3.46. The number of benzene rings is 1. The summed E-state index contributed by atoms with van der Waals surface area (Å²) in [7, 11) is 0. The zero-order valence-corrected chi connectivity index (χ0v) is 13.3. The van der Waals surface area contributed by atoms with Crippen LogP contribution < -0.4 is 10.1 Å². The molecule has 21 heavy (non-hydrogen) atoms. The minimum absolute atomic E-state index is 0.352. The third-order valence-corrected chi connectivity index (χ3v) is 4.08. The van der Waals surface area contributed by atoms with Gasteiger partial charge >= 0.3 is 0 Å². The second kappa shape index (κ2) is 6.12. The van der Waals surface area contributed by atoms with Crippen LogP contribution in [0.5, 0.6) is 11.6 Å². The van der Waals surface area contributed by atoms with Gasteiger partial charge in [0.25, 0.3) is 0 Å². The topological polar surface area (TPSA) is 34.1 Å². The molecule has 0 atom stereocenters. The van der Waals surface area contributed by atoms with Crippen LogP contribution in [-0.2, 0) is 6.54 Å². The Hall–Kier alpha value is -1.46. The van der Waals surface area contributed by atoms with E-state index in [1.54, 1.807) is 12.1 Å². The van der Waals surface area contributed by atoms with Crippen molar-refractivity contribution in [1.29, 1.82) is 0 Å². The van der Waals surface area contributed by atoms with E-state index in [0.717, 1.165) is 17.8 Å². The zero-order chi connectivity index (χ0) is 14.8. The molecule has 0 amide bonds. The average Bonchev–Trinajstić information content (AvgIpc) is 3.26. The fourth-order valence-electron chi connectivity index (χ4n) is 2.01. The smallest absolute Gasteiger partial charge is 0.219 e. The third kappa shape index (κ3) is 3.80. The quantitative estimate of drug-likeness (QED) is 0.870. The van der Waals surface area contributed by atoms with Crippen LogP contribution >= 0.6 is 15.9 Å². The molecule has 1 aromatic carbocycles. The van der Waals surface area contributed by atoms with E-state index in [-0.39, 0.29) is 5.82 Å². The van der Waals surface area contributed by atoms with Crippen molar-refractivity contribution in [1.82, 2.24) is 10.3 Å². The van der Waals surface area contributed by atoms with Crippen LogP contribution in [0.15, 0.2) is 34.8 Å². The van der Waals surface area contributed by atoms with Crippen molar-refractivity contribution in [3.63, 3.8) is 0 Å². The van der Waals surface area contributed by atoms with Crippen molar-refractivity contribution in [2.24, 2.45) is 0 Å². The number of aryl methyl sites for hydroxylation is 1. The van der Waals surface area contributed by atoms with E-state index < -0.39 is 0 Å². The first-order valence-electron chi connectivity index (χ1n) is 6.94. The molecule has 0 radical (unpaired) electrons. The molecule has 3 rings (SSSR count). The van der Waals surface area contributed by atoms with Crippen molar-refractivity contribution in [2.75, 3.05) is 0 Å². The highest BCUT2D eigenvalue weighted by molar-refractivity contribution is 9.10. The summed E-state index contributed by atoms with van der Waals surface area (Å²) in [5.74, 6) is 0.560. The Kier molecular flexibility index (Phi) is 4.22. The summed E-state index contributed by atoms with van der Waals surface area (Å²) in [6.45, 7) is 2.79. The SMILES string of the molecule is Cc1nc(Oc2ccc(Br)c(F)c2)ccc1CNC1CC1. The summed E-state index contributed by atoms with van der Waals surface area (Å²) in [6, 6.07) is 9.15.